The maximum atomic E-state index is 5.41. The lowest BCUT2D eigenvalue weighted by atomic mass is 10.1. The van der Waals surface area contributed by atoms with Crippen LogP contribution in [0.15, 0.2) is 54.9 Å². The van der Waals surface area contributed by atoms with E-state index in [4.69, 9.17) is 9.47 Å². The molecule has 2 aromatic carbocycles. The van der Waals surface area contributed by atoms with Crippen LogP contribution in [0.25, 0.3) is 5.69 Å². The highest BCUT2D eigenvalue weighted by atomic mass is 16.5. The predicted octanol–water partition coefficient (Wildman–Crippen LogP) is 2.88. The van der Waals surface area contributed by atoms with Crippen molar-refractivity contribution in [2.24, 2.45) is 0 Å². The lowest BCUT2D eigenvalue weighted by molar-refractivity contribution is 0.412. The van der Waals surface area contributed by atoms with Crippen LogP contribution in [0.4, 0.5) is 0 Å². The zero-order valence-corrected chi connectivity index (χ0v) is 12.6. The van der Waals surface area contributed by atoms with E-state index in [1.807, 2.05) is 53.1 Å². The third kappa shape index (κ3) is 2.79. The first kappa shape index (κ1) is 14.1. The zero-order chi connectivity index (χ0) is 15.4. The number of rotatable bonds is 5. The number of methoxy groups -OCH3 is 2. The van der Waals surface area contributed by atoms with Gasteiger partial charge in [0, 0.05) is 6.42 Å². The summed E-state index contributed by atoms with van der Waals surface area (Å²) < 4.78 is 12.5. The van der Waals surface area contributed by atoms with E-state index in [0.717, 1.165) is 28.6 Å². The van der Waals surface area contributed by atoms with Gasteiger partial charge < -0.3 is 9.47 Å². The number of para-hydroxylation sites is 2. The molecule has 0 atom stereocenters. The highest BCUT2D eigenvalue weighted by Crippen LogP contribution is 2.23. The summed E-state index contributed by atoms with van der Waals surface area (Å²) in [6.45, 7) is 0. The first-order valence-corrected chi connectivity index (χ1v) is 6.97. The van der Waals surface area contributed by atoms with Crippen LogP contribution in [0.5, 0.6) is 11.5 Å². The Balaban J connectivity index is 1.91. The van der Waals surface area contributed by atoms with Gasteiger partial charge in [0.05, 0.1) is 19.9 Å². The SMILES string of the molecule is COc1ccc(Cc2nncn2-c2ccccc2OC)cc1. The minimum atomic E-state index is 0.683. The molecule has 0 amide bonds. The molecule has 0 N–H and O–H groups in total. The molecule has 0 bridgehead atoms. The van der Waals surface area contributed by atoms with Gasteiger partial charge >= 0.3 is 0 Å². The molecule has 0 saturated carbocycles. The summed E-state index contributed by atoms with van der Waals surface area (Å²) in [5.41, 5.74) is 2.07. The Morgan fingerprint density at radius 2 is 1.73 bits per heavy atom. The van der Waals surface area contributed by atoms with Crippen molar-refractivity contribution in [2.75, 3.05) is 14.2 Å². The molecule has 0 spiro atoms. The Morgan fingerprint density at radius 3 is 2.45 bits per heavy atom. The van der Waals surface area contributed by atoms with E-state index in [2.05, 4.69) is 10.2 Å². The molecule has 0 aliphatic heterocycles. The number of benzene rings is 2. The van der Waals surface area contributed by atoms with Crippen LogP contribution < -0.4 is 9.47 Å². The summed E-state index contributed by atoms with van der Waals surface area (Å²) in [5, 5.41) is 8.27. The van der Waals surface area contributed by atoms with Gasteiger partial charge in [0.1, 0.15) is 23.7 Å². The lowest BCUT2D eigenvalue weighted by Gasteiger charge is -2.11. The smallest absolute Gasteiger partial charge is 0.142 e. The average molecular weight is 295 g/mol. The first-order valence-electron chi connectivity index (χ1n) is 6.97. The highest BCUT2D eigenvalue weighted by molar-refractivity contribution is 5.47. The zero-order valence-electron chi connectivity index (χ0n) is 12.6. The first-order chi connectivity index (χ1) is 10.8. The Bertz CT molecular complexity index is 751. The summed E-state index contributed by atoms with van der Waals surface area (Å²) in [4.78, 5) is 0. The van der Waals surface area contributed by atoms with Crippen molar-refractivity contribution < 1.29 is 9.47 Å². The molecule has 1 aromatic heterocycles. The van der Waals surface area contributed by atoms with Crippen molar-refractivity contribution in [3.63, 3.8) is 0 Å². The fraction of sp³-hybridized carbons (Fsp3) is 0.176. The average Bonchev–Trinajstić information content (AvgIpc) is 3.03. The second kappa shape index (κ2) is 6.30. The molecule has 5 nitrogen and oxygen atoms in total. The Kier molecular flexibility index (Phi) is 4.05. The van der Waals surface area contributed by atoms with Gasteiger partial charge in [-0.05, 0) is 29.8 Å². The van der Waals surface area contributed by atoms with Crippen molar-refractivity contribution in [1.29, 1.82) is 0 Å². The summed E-state index contributed by atoms with van der Waals surface area (Å²) in [5.74, 6) is 2.49. The standard InChI is InChI=1S/C17H17N3O2/c1-21-14-9-7-13(8-10-14)11-17-19-18-12-20(17)15-5-3-4-6-16(15)22-2/h3-10,12H,11H2,1-2H3. The highest BCUT2D eigenvalue weighted by Gasteiger charge is 2.11. The van der Waals surface area contributed by atoms with Crippen LogP contribution in [-0.2, 0) is 6.42 Å². The summed E-state index contributed by atoms with van der Waals surface area (Å²) >= 11 is 0. The van der Waals surface area contributed by atoms with Crippen molar-refractivity contribution in [2.45, 2.75) is 6.42 Å². The minimum absolute atomic E-state index is 0.683. The van der Waals surface area contributed by atoms with Crippen molar-refractivity contribution in [3.05, 3.63) is 66.2 Å². The monoisotopic (exact) mass is 295 g/mol. The summed E-state index contributed by atoms with van der Waals surface area (Å²) in [6, 6.07) is 15.8. The van der Waals surface area contributed by atoms with E-state index in [-0.39, 0.29) is 0 Å². The van der Waals surface area contributed by atoms with Gasteiger partial charge in [-0.25, -0.2) is 0 Å². The van der Waals surface area contributed by atoms with E-state index >= 15 is 0 Å². The van der Waals surface area contributed by atoms with Crippen molar-refractivity contribution >= 4 is 0 Å². The topological polar surface area (TPSA) is 49.2 Å². The van der Waals surface area contributed by atoms with Gasteiger partial charge in [0.2, 0.25) is 0 Å². The van der Waals surface area contributed by atoms with Gasteiger partial charge in [-0.15, -0.1) is 10.2 Å². The van der Waals surface area contributed by atoms with Crippen LogP contribution in [0.3, 0.4) is 0 Å². The largest absolute Gasteiger partial charge is 0.497 e. The molecule has 3 aromatic rings. The Morgan fingerprint density at radius 1 is 0.955 bits per heavy atom. The van der Waals surface area contributed by atoms with Crippen LogP contribution in [0, 0.1) is 0 Å². The summed E-state index contributed by atoms with van der Waals surface area (Å²) in [7, 11) is 3.32. The molecule has 112 valence electrons. The molecule has 3 rings (SSSR count). The fourth-order valence-corrected chi connectivity index (χ4v) is 2.34. The maximum Gasteiger partial charge on any atom is 0.142 e. The third-order valence-corrected chi connectivity index (χ3v) is 3.48. The summed E-state index contributed by atoms with van der Waals surface area (Å²) in [6.07, 6.45) is 2.39. The van der Waals surface area contributed by atoms with E-state index in [9.17, 15) is 0 Å². The van der Waals surface area contributed by atoms with Gasteiger partial charge in [0.15, 0.2) is 0 Å². The van der Waals surface area contributed by atoms with Crippen LogP contribution in [-0.4, -0.2) is 29.0 Å². The number of ether oxygens (including phenoxy) is 2. The van der Waals surface area contributed by atoms with Gasteiger partial charge in [-0.1, -0.05) is 24.3 Å². The molecule has 0 radical (unpaired) electrons. The number of hydrogen-bond donors (Lipinski definition) is 0. The van der Waals surface area contributed by atoms with Crippen LogP contribution in [0.2, 0.25) is 0 Å². The molecule has 22 heavy (non-hydrogen) atoms. The van der Waals surface area contributed by atoms with Gasteiger partial charge in [0.25, 0.3) is 0 Å². The molecular formula is C17H17N3O2. The van der Waals surface area contributed by atoms with Crippen molar-refractivity contribution in [1.82, 2.24) is 14.8 Å². The molecule has 1 heterocycles. The quantitative estimate of drug-likeness (QED) is 0.726. The van der Waals surface area contributed by atoms with E-state index in [0.29, 0.717) is 6.42 Å². The lowest BCUT2D eigenvalue weighted by Crippen LogP contribution is -2.03. The third-order valence-electron chi connectivity index (χ3n) is 3.48. The molecule has 0 fully saturated rings. The van der Waals surface area contributed by atoms with E-state index < -0.39 is 0 Å². The number of hydrogen-bond acceptors (Lipinski definition) is 4. The fourth-order valence-electron chi connectivity index (χ4n) is 2.34. The minimum Gasteiger partial charge on any atom is -0.497 e. The molecule has 0 aliphatic rings. The van der Waals surface area contributed by atoms with E-state index in [1.54, 1.807) is 20.5 Å². The van der Waals surface area contributed by atoms with Crippen LogP contribution >= 0.6 is 0 Å². The van der Waals surface area contributed by atoms with Gasteiger partial charge in [-0.3, -0.25) is 4.57 Å². The van der Waals surface area contributed by atoms with Crippen LogP contribution in [0.1, 0.15) is 11.4 Å². The Hall–Kier alpha value is -2.82. The van der Waals surface area contributed by atoms with Gasteiger partial charge in [-0.2, -0.15) is 0 Å². The maximum absolute atomic E-state index is 5.41. The number of nitrogens with zero attached hydrogens (tertiary/aromatic N) is 3. The van der Waals surface area contributed by atoms with Crippen molar-refractivity contribution in [3.8, 4) is 17.2 Å². The molecule has 0 saturated heterocycles. The second-order valence-electron chi connectivity index (χ2n) is 4.81. The molecule has 0 unspecified atom stereocenters. The number of aromatic nitrogens is 3. The van der Waals surface area contributed by atoms with E-state index in [1.165, 1.54) is 0 Å². The molecule has 5 heteroatoms. The molecule has 0 aliphatic carbocycles. The predicted molar refractivity (Wildman–Crippen MR) is 83.7 cm³/mol. The normalized spacial score (nSPS) is 10.5. The second-order valence-corrected chi connectivity index (χ2v) is 4.81. The Labute approximate surface area is 129 Å². The molecular weight excluding hydrogens is 278 g/mol.